The molecule has 2 heterocycles. The van der Waals surface area contributed by atoms with E-state index in [2.05, 4.69) is 27.4 Å². The second-order valence-corrected chi connectivity index (χ2v) is 10.1. The van der Waals surface area contributed by atoms with E-state index >= 15 is 0 Å². The van der Waals surface area contributed by atoms with Crippen LogP contribution in [0.25, 0.3) is 10.2 Å². The number of rotatable bonds is 8. The fraction of sp³-hybridized carbons (Fsp3) is 0.350. The van der Waals surface area contributed by atoms with E-state index in [4.69, 9.17) is 0 Å². The Morgan fingerprint density at radius 2 is 2.04 bits per heavy atom. The zero-order valence-electron chi connectivity index (χ0n) is 16.1. The van der Waals surface area contributed by atoms with E-state index in [-0.39, 0.29) is 16.7 Å². The second-order valence-electron chi connectivity index (χ2n) is 6.38. The summed E-state index contributed by atoms with van der Waals surface area (Å²) in [6.07, 6.45) is 0. The van der Waals surface area contributed by atoms with Crippen molar-refractivity contribution in [3.8, 4) is 0 Å². The van der Waals surface area contributed by atoms with E-state index < -0.39 is 0 Å². The third-order valence-corrected chi connectivity index (χ3v) is 7.61. The molecular formula is C20H23N3O2S3. The molecule has 0 aliphatic rings. The van der Waals surface area contributed by atoms with Crippen LogP contribution in [0.15, 0.2) is 40.0 Å². The fourth-order valence-electron chi connectivity index (χ4n) is 2.67. The lowest BCUT2D eigenvalue weighted by Gasteiger charge is -2.11. The number of aromatic amines is 1. The van der Waals surface area contributed by atoms with E-state index in [9.17, 15) is 9.59 Å². The first-order chi connectivity index (χ1) is 13.5. The van der Waals surface area contributed by atoms with Crippen LogP contribution in [0.5, 0.6) is 0 Å². The lowest BCUT2D eigenvalue weighted by molar-refractivity contribution is -0.118. The Balaban J connectivity index is 1.48. The lowest BCUT2D eigenvalue weighted by atomic mass is 10.2. The highest BCUT2D eigenvalue weighted by Crippen LogP contribution is 2.29. The molecular weight excluding hydrogens is 410 g/mol. The van der Waals surface area contributed by atoms with Gasteiger partial charge in [-0.05, 0) is 38.5 Å². The minimum absolute atomic E-state index is 0.00301. The molecule has 0 spiro atoms. The van der Waals surface area contributed by atoms with Crippen molar-refractivity contribution in [2.45, 2.75) is 30.9 Å². The van der Waals surface area contributed by atoms with Crippen LogP contribution in [0.3, 0.4) is 0 Å². The van der Waals surface area contributed by atoms with Crippen LogP contribution in [0.1, 0.15) is 28.4 Å². The Hall–Kier alpha value is -1.77. The monoisotopic (exact) mass is 433 g/mol. The van der Waals surface area contributed by atoms with Crippen molar-refractivity contribution in [2.75, 3.05) is 18.1 Å². The number of aromatic nitrogens is 2. The van der Waals surface area contributed by atoms with Crippen LogP contribution in [0.4, 0.5) is 0 Å². The molecule has 0 saturated carbocycles. The maximum atomic E-state index is 12.4. The summed E-state index contributed by atoms with van der Waals surface area (Å²) in [5.41, 5.74) is 0.894. The molecule has 1 unspecified atom stereocenters. The Labute approximate surface area is 176 Å². The van der Waals surface area contributed by atoms with Crippen molar-refractivity contribution in [3.05, 3.63) is 57.0 Å². The zero-order valence-corrected chi connectivity index (χ0v) is 18.5. The molecule has 3 aromatic rings. The molecule has 0 aliphatic heterocycles. The summed E-state index contributed by atoms with van der Waals surface area (Å²) < 4.78 is 0. The van der Waals surface area contributed by atoms with Crippen molar-refractivity contribution in [1.82, 2.24) is 15.3 Å². The van der Waals surface area contributed by atoms with Gasteiger partial charge in [0, 0.05) is 22.1 Å². The lowest BCUT2D eigenvalue weighted by Crippen LogP contribution is -2.27. The number of thiophene rings is 1. The fourth-order valence-corrected chi connectivity index (χ4v) is 5.27. The second kappa shape index (κ2) is 9.62. The topological polar surface area (TPSA) is 74.8 Å². The maximum absolute atomic E-state index is 12.4. The summed E-state index contributed by atoms with van der Waals surface area (Å²) in [7, 11) is 0. The Bertz CT molecular complexity index is 1010. The number of fused-ring (bicyclic) bond motifs is 1. The van der Waals surface area contributed by atoms with Crippen molar-refractivity contribution in [2.24, 2.45) is 0 Å². The number of thioether (sulfide) groups is 2. The third-order valence-electron chi connectivity index (χ3n) is 4.34. The van der Waals surface area contributed by atoms with Crippen LogP contribution >= 0.6 is 34.9 Å². The number of amides is 1. The van der Waals surface area contributed by atoms with Crippen LogP contribution in [-0.2, 0) is 4.79 Å². The number of nitrogens with zero attached hydrogens (tertiary/aromatic N) is 1. The number of hydrogen-bond donors (Lipinski definition) is 2. The van der Waals surface area contributed by atoms with Crippen LogP contribution < -0.4 is 10.9 Å². The Morgan fingerprint density at radius 3 is 2.79 bits per heavy atom. The molecule has 0 bridgehead atoms. The summed E-state index contributed by atoms with van der Waals surface area (Å²) in [5, 5.41) is 3.55. The molecule has 148 valence electrons. The SMILES string of the molecule is Cc1sc2nc(C(C)SCC(=O)NCCSc3ccccc3)[nH]c(=O)c2c1C. The summed E-state index contributed by atoms with van der Waals surface area (Å²) in [5.74, 6) is 1.79. The van der Waals surface area contributed by atoms with Gasteiger partial charge in [0.2, 0.25) is 5.91 Å². The normalized spacial score (nSPS) is 12.2. The van der Waals surface area contributed by atoms with Gasteiger partial charge in [-0.15, -0.1) is 34.9 Å². The van der Waals surface area contributed by atoms with Crippen molar-refractivity contribution in [1.29, 1.82) is 0 Å². The standard InChI is InChI=1S/C20H23N3O2S3/c1-12-13(2)28-20-17(12)19(25)22-18(23-20)14(3)27-11-16(24)21-9-10-26-15-7-5-4-6-8-15/h4-8,14H,9-11H2,1-3H3,(H,21,24)(H,22,23,25). The smallest absolute Gasteiger partial charge is 0.259 e. The molecule has 1 aromatic carbocycles. The van der Waals surface area contributed by atoms with Gasteiger partial charge in [-0.2, -0.15) is 0 Å². The largest absolute Gasteiger partial charge is 0.355 e. The molecule has 8 heteroatoms. The third kappa shape index (κ3) is 5.18. The number of carbonyl (C=O) groups is 1. The molecule has 1 amide bonds. The van der Waals surface area contributed by atoms with E-state index in [1.807, 2.05) is 39.0 Å². The zero-order chi connectivity index (χ0) is 20.1. The van der Waals surface area contributed by atoms with Gasteiger partial charge >= 0.3 is 0 Å². The van der Waals surface area contributed by atoms with Gasteiger partial charge in [0.25, 0.3) is 5.56 Å². The highest BCUT2D eigenvalue weighted by Gasteiger charge is 2.16. The number of benzene rings is 1. The first-order valence-electron chi connectivity index (χ1n) is 9.01. The van der Waals surface area contributed by atoms with Crippen LogP contribution in [0.2, 0.25) is 0 Å². The van der Waals surface area contributed by atoms with Crippen LogP contribution in [-0.4, -0.2) is 33.9 Å². The highest BCUT2D eigenvalue weighted by molar-refractivity contribution is 8.00. The van der Waals surface area contributed by atoms with Gasteiger partial charge in [0.05, 0.1) is 16.4 Å². The van der Waals surface area contributed by atoms with E-state index in [1.54, 1.807) is 11.8 Å². The molecule has 1 atom stereocenters. The number of aryl methyl sites for hydroxylation is 2. The van der Waals surface area contributed by atoms with E-state index in [0.29, 0.717) is 23.5 Å². The number of nitrogens with one attached hydrogen (secondary N) is 2. The molecule has 3 rings (SSSR count). The highest BCUT2D eigenvalue weighted by atomic mass is 32.2. The van der Waals surface area contributed by atoms with Crippen molar-refractivity contribution >= 4 is 51.0 Å². The van der Waals surface area contributed by atoms with Crippen molar-refractivity contribution in [3.63, 3.8) is 0 Å². The van der Waals surface area contributed by atoms with E-state index in [0.717, 1.165) is 21.0 Å². The predicted octanol–water partition coefficient (Wildman–Crippen LogP) is 4.30. The number of carbonyl (C=O) groups excluding carboxylic acids is 1. The maximum Gasteiger partial charge on any atom is 0.259 e. The first kappa shape index (κ1) is 21.0. The average molecular weight is 434 g/mol. The summed E-state index contributed by atoms with van der Waals surface area (Å²) in [4.78, 5) is 35.0. The minimum atomic E-state index is -0.100. The molecule has 2 N–H and O–H groups in total. The Morgan fingerprint density at radius 1 is 1.29 bits per heavy atom. The van der Waals surface area contributed by atoms with Gasteiger partial charge in [0.15, 0.2) is 0 Å². The van der Waals surface area contributed by atoms with Gasteiger partial charge in [-0.3, -0.25) is 9.59 Å². The van der Waals surface area contributed by atoms with Gasteiger partial charge in [0.1, 0.15) is 10.7 Å². The molecule has 2 aromatic heterocycles. The van der Waals surface area contributed by atoms with Gasteiger partial charge < -0.3 is 10.3 Å². The molecule has 0 fully saturated rings. The first-order valence-corrected chi connectivity index (χ1v) is 11.9. The van der Waals surface area contributed by atoms with Crippen LogP contribution in [0, 0.1) is 13.8 Å². The average Bonchev–Trinajstić information content (AvgIpc) is 2.98. The summed E-state index contributed by atoms with van der Waals surface area (Å²) in [6.45, 7) is 6.53. The minimum Gasteiger partial charge on any atom is -0.355 e. The molecule has 0 saturated heterocycles. The summed E-state index contributed by atoms with van der Waals surface area (Å²) >= 11 is 4.73. The van der Waals surface area contributed by atoms with Gasteiger partial charge in [-0.1, -0.05) is 18.2 Å². The Kier molecular flexibility index (Phi) is 7.20. The quantitative estimate of drug-likeness (QED) is 0.409. The predicted molar refractivity (Wildman–Crippen MR) is 121 cm³/mol. The number of H-pyrrole nitrogens is 1. The molecule has 0 aliphatic carbocycles. The van der Waals surface area contributed by atoms with Gasteiger partial charge in [-0.25, -0.2) is 4.98 Å². The molecule has 0 radical (unpaired) electrons. The van der Waals surface area contributed by atoms with E-state index in [1.165, 1.54) is 28.0 Å². The number of hydrogen-bond acceptors (Lipinski definition) is 6. The molecule has 28 heavy (non-hydrogen) atoms. The summed E-state index contributed by atoms with van der Waals surface area (Å²) in [6, 6.07) is 10.1. The van der Waals surface area contributed by atoms with Crippen molar-refractivity contribution < 1.29 is 4.79 Å². The molecule has 5 nitrogen and oxygen atoms in total.